The third kappa shape index (κ3) is 4.07. The Kier molecular flexibility index (Phi) is 4.87. The van der Waals surface area contributed by atoms with Crippen LogP contribution in [0.25, 0.3) is 0 Å². The van der Waals surface area contributed by atoms with Crippen LogP contribution in [-0.4, -0.2) is 58.1 Å². The van der Waals surface area contributed by atoms with Gasteiger partial charge in [-0.25, -0.2) is 14.2 Å². The molecule has 1 N–H and O–H groups in total. The number of para-hydroxylation sites is 1. The van der Waals surface area contributed by atoms with Crippen LogP contribution in [0.15, 0.2) is 43.0 Å². The number of piperazine rings is 1. The maximum absolute atomic E-state index is 13.6. The zero-order valence-electron chi connectivity index (χ0n) is 12.9. The van der Waals surface area contributed by atoms with Crippen LogP contribution in [0.2, 0.25) is 0 Å². The van der Waals surface area contributed by atoms with Gasteiger partial charge in [0.05, 0.1) is 12.0 Å². The third-order valence-electron chi connectivity index (χ3n) is 4.01. The minimum atomic E-state index is -0.417. The Morgan fingerprint density at radius 1 is 1.17 bits per heavy atom. The molecule has 1 aromatic heterocycles. The summed E-state index contributed by atoms with van der Waals surface area (Å²) in [5.74, 6) is -0.417. The van der Waals surface area contributed by atoms with Gasteiger partial charge in [-0.2, -0.15) is 0 Å². The lowest BCUT2D eigenvalue weighted by atomic mass is 10.3. The van der Waals surface area contributed by atoms with E-state index in [1.54, 1.807) is 35.6 Å². The molecule has 2 aromatic rings. The molecule has 0 atom stereocenters. The van der Waals surface area contributed by atoms with Gasteiger partial charge in [-0.05, 0) is 12.1 Å². The van der Waals surface area contributed by atoms with Gasteiger partial charge in [-0.3, -0.25) is 4.90 Å². The lowest BCUT2D eigenvalue weighted by Crippen LogP contribution is -2.50. The molecule has 0 spiro atoms. The van der Waals surface area contributed by atoms with Crippen LogP contribution >= 0.6 is 0 Å². The first-order valence-corrected chi connectivity index (χ1v) is 7.71. The lowest BCUT2D eigenvalue weighted by molar-refractivity contribution is 0.144. The topological polar surface area (TPSA) is 53.4 Å². The molecule has 7 heteroatoms. The fraction of sp³-hybridized carbons (Fsp3) is 0.375. The van der Waals surface area contributed by atoms with Gasteiger partial charge in [0.2, 0.25) is 0 Å². The highest BCUT2D eigenvalue weighted by Crippen LogP contribution is 2.13. The van der Waals surface area contributed by atoms with Crippen molar-refractivity contribution in [2.75, 3.05) is 38.0 Å². The number of carbonyl (C=O) groups is 1. The van der Waals surface area contributed by atoms with Gasteiger partial charge < -0.3 is 14.8 Å². The van der Waals surface area contributed by atoms with Gasteiger partial charge >= 0.3 is 6.03 Å². The number of anilines is 1. The molecule has 0 saturated carbocycles. The Morgan fingerprint density at radius 3 is 2.65 bits per heavy atom. The van der Waals surface area contributed by atoms with Crippen molar-refractivity contribution in [1.29, 1.82) is 0 Å². The molecule has 0 bridgehead atoms. The predicted molar refractivity (Wildman–Crippen MR) is 85.7 cm³/mol. The molecule has 2 amide bonds. The van der Waals surface area contributed by atoms with E-state index < -0.39 is 5.82 Å². The summed E-state index contributed by atoms with van der Waals surface area (Å²) in [6, 6.07) is 5.96. The first-order chi connectivity index (χ1) is 11.2. The number of urea groups is 1. The quantitative estimate of drug-likeness (QED) is 0.937. The molecule has 0 aliphatic carbocycles. The van der Waals surface area contributed by atoms with Crippen molar-refractivity contribution in [3.05, 3.63) is 48.8 Å². The standard InChI is InChI=1S/C16H20FN5O/c17-14-3-1-2-4-15(14)19-16(23)22-11-9-20(10-12-22)7-8-21-6-5-18-13-21/h1-6,13H,7-12H2,(H,19,23). The minimum absolute atomic E-state index is 0.222. The molecule has 0 unspecified atom stereocenters. The molecule has 6 nitrogen and oxygen atoms in total. The second-order valence-corrected chi connectivity index (χ2v) is 5.54. The Labute approximate surface area is 134 Å². The Hall–Kier alpha value is -2.41. The Bertz CT molecular complexity index is 638. The molecule has 122 valence electrons. The molecule has 1 aliphatic rings. The largest absolute Gasteiger partial charge is 0.336 e. The first kappa shape index (κ1) is 15.5. The summed E-state index contributed by atoms with van der Waals surface area (Å²) < 4.78 is 15.6. The number of amides is 2. The number of nitrogens with one attached hydrogen (secondary N) is 1. The summed E-state index contributed by atoms with van der Waals surface area (Å²) in [7, 11) is 0. The zero-order valence-corrected chi connectivity index (χ0v) is 12.9. The van der Waals surface area contributed by atoms with E-state index in [0.29, 0.717) is 13.1 Å². The average Bonchev–Trinajstić information content (AvgIpc) is 3.09. The summed E-state index contributed by atoms with van der Waals surface area (Å²) in [5.41, 5.74) is 0.222. The van der Waals surface area contributed by atoms with Crippen LogP contribution in [0.3, 0.4) is 0 Å². The first-order valence-electron chi connectivity index (χ1n) is 7.71. The average molecular weight is 317 g/mol. The van der Waals surface area contributed by atoms with Crippen LogP contribution in [0.4, 0.5) is 14.9 Å². The molecule has 0 radical (unpaired) electrons. The summed E-state index contributed by atoms with van der Waals surface area (Å²) in [5, 5.41) is 2.63. The molecule has 1 saturated heterocycles. The SMILES string of the molecule is O=C(Nc1ccccc1F)N1CCN(CCn2ccnc2)CC1. The fourth-order valence-corrected chi connectivity index (χ4v) is 2.61. The van der Waals surface area contributed by atoms with Crippen molar-refractivity contribution in [1.82, 2.24) is 19.4 Å². The van der Waals surface area contributed by atoms with E-state index >= 15 is 0 Å². The third-order valence-corrected chi connectivity index (χ3v) is 4.01. The van der Waals surface area contributed by atoms with Gasteiger partial charge in [0.1, 0.15) is 5.82 Å². The molecule has 2 heterocycles. The van der Waals surface area contributed by atoms with Crippen molar-refractivity contribution in [2.45, 2.75) is 6.54 Å². The number of halogens is 1. The number of imidazole rings is 1. The second kappa shape index (κ2) is 7.23. The van der Waals surface area contributed by atoms with E-state index in [1.807, 2.05) is 10.8 Å². The number of hydrogen-bond acceptors (Lipinski definition) is 3. The highest BCUT2D eigenvalue weighted by molar-refractivity contribution is 5.89. The van der Waals surface area contributed by atoms with E-state index in [1.165, 1.54) is 6.07 Å². The summed E-state index contributed by atoms with van der Waals surface area (Å²) in [4.78, 5) is 20.2. The summed E-state index contributed by atoms with van der Waals surface area (Å²) >= 11 is 0. The number of rotatable bonds is 4. The molecule has 1 fully saturated rings. The normalized spacial score (nSPS) is 15.6. The number of nitrogens with zero attached hydrogens (tertiary/aromatic N) is 4. The van der Waals surface area contributed by atoms with Crippen molar-refractivity contribution in [3.63, 3.8) is 0 Å². The highest BCUT2D eigenvalue weighted by Gasteiger charge is 2.21. The highest BCUT2D eigenvalue weighted by atomic mass is 19.1. The maximum atomic E-state index is 13.6. The van der Waals surface area contributed by atoms with Crippen LogP contribution < -0.4 is 5.32 Å². The van der Waals surface area contributed by atoms with Gasteiger partial charge in [0, 0.05) is 51.7 Å². The van der Waals surface area contributed by atoms with Crippen molar-refractivity contribution < 1.29 is 9.18 Å². The molecule has 3 rings (SSSR count). The van der Waals surface area contributed by atoms with Gasteiger partial charge in [0.15, 0.2) is 0 Å². The molecular formula is C16H20FN5O. The molecule has 23 heavy (non-hydrogen) atoms. The van der Waals surface area contributed by atoms with Crippen LogP contribution in [0, 0.1) is 5.82 Å². The van der Waals surface area contributed by atoms with Crippen molar-refractivity contribution >= 4 is 11.7 Å². The maximum Gasteiger partial charge on any atom is 0.322 e. The van der Waals surface area contributed by atoms with Crippen molar-refractivity contribution in [2.24, 2.45) is 0 Å². The second-order valence-electron chi connectivity index (χ2n) is 5.54. The van der Waals surface area contributed by atoms with Gasteiger partial charge in [-0.15, -0.1) is 0 Å². The van der Waals surface area contributed by atoms with Gasteiger partial charge in [-0.1, -0.05) is 12.1 Å². The smallest absolute Gasteiger partial charge is 0.322 e. The number of carbonyl (C=O) groups excluding carboxylic acids is 1. The van der Waals surface area contributed by atoms with E-state index in [4.69, 9.17) is 0 Å². The Morgan fingerprint density at radius 2 is 1.96 bits per heavy atom. The number of aromatic nitrogens is 2. The van der Waals surface area contributed by atoms with Crippen LogP contribution in [0.1, 0.15) is 0 Å². The van der Waals surface area contributed by atoms with E-state index in [2.05, 4.69) is 15.2 Å². The van der Waals surface area contributed by atoms with E-state index in [0.717, 1.165) is 26.2 Å². The summed E-state index contributed by atoms with van der Waals surface area (Å²) in [6.07, 6.45) is 5.52. The van der Waals surface area contributed by atoms with Crippen molar-refractivity contribution in [3.8, 4) is 0 Å². The number of hydrogen-bond donors (Lipinski definition) is 1. The molecular weight excluding hydrogens is 297 g/mol. The summed E-state index contributed by atoms with van der Waals surface area (Å²) in [6.45, 7) is 4.74. The number of benzene rings is 1. The predicted octanol–water partition coefficient (Wildman–Crippen LogP) is 1.87. The Balaban J connectivity index is 1.45. The minimum Gasteiger partial charge on any atom is -0.336 e. The zero-order chi connectivity index (χ0) is 16.1. The van der Waals surface area contributed by atoms with Crippen LogP contribution in [0.5, 0.6) is 0 Å². The van der Waals surface area contributed by atoms with Crippen LogP contribution in [-0.2, 0) is 6.54 Å². The molecule has 1 aromatic carbocycles. The molecule has 1 aliphatic heterocycles. The van der Waals surface area contributed by atoms with E-state index in [9.17, 15) is 9.18 Å². The van der Waals surface area contributed by atoms with Gasteiger partial charge in [0.25, 0.3) is 0 Å². The fourth-order valence-electron chi connectivity index (χ4n) is 2.61. The van der Waals surface area contributed by atoms with E-state index in [-0.39, 0.29) is 11.7 Å². The lowest BCUT2D eigenvalue weighted by Gasteiger charge is -2.34. The monoisotopic (exact) mass is 317 g/mol.